The molecule has 1 aliphatic rings. The number of methoxy groups -OCH3 is 1. The molecular weight excluding hydrogens is 214 g/mol. The summed E-state index contributed by atoms with van der Waals surface area (Å²) in [5.41, 5.74) is -0.456. The van der Waals surface area contributed by atoms with E-state index < -0.39 is 5.54 Å². The number of likely N-dealkylation sites (N-methyl/N-ethyl adjacent to an activating group) is 1. The van der Waals surface area contributed by atoms with Crippen LogP contribution in [0.15, 0.2) is 0 Å². The highest BCUT2D eigenvalue weighted by Crippen LogP contribution is 2.39. The number of hydrogen-bond acceptors (Lipinski definition) is 4. The molecule has 17 heavy (non-hydrogen) atoms. The summed E-state index contributed by atoms with van der Waals surface area (Å²) in [5, 5.41) is 12.8. The monoisotopic (exact) mass is 239 g/mol. The first-order valence-electron chi connectivity index (χ1n) is 6.60. The third-order valence-electron chi connectivity index (χ3n) is 3.61. The molecule has 1 aliphatic carbocycles. The van der Waals surface area contributed by atoms with Crippen LogP contribution in [-0.4, -0.2) is 50.3 Å². The number of nitrogens with zero attached hydrogens (tertiary/aromatic N) is 2. The quantitative estimate of drug-likeness (QED) is 0.657. The van der Waals surface area contributed by atoms with Gasteiger partial charge in [-0.25, -0.2) is 0 Å². The van der Waals surface area contributed by atoms with Gasteiger partial charge < -0.3 is 9.64 Å². The molecule has 0 amide bonds. The average Bonchev–Trinajstić information content (AvgIpc) is 3.18. The van der Waals surface area contributed by atoms with Crippen LogP contribution in [0.3, 0.4) is 0 Å². The zero-order valence-corrected chi connectivity index (χ0v) is 11.3. The number of ether oxygens (including phenoxy) is 1. The Labute approximate surface area is 105 Å². The van der Waals surface area contributed by atoms with Crippen molar-refractivity contribution in [1.82, 2.24) is 10.2 Å². The van der Waals surface area contributed by atoms with E-state index in [1.54, 1.807) is 7.11 Å². The van der Waals surface area contributed by atoms with E-state index in [9.17, 15) is 5.26 Å². The lowest BCUT2D eigenvalue weighted by Gasteiger charge is -2.28. The summed E-state index contributed by atoms with van der Waals surface area (Å²) in [5.74, 6) is 0.476. The molecule has 4 nitrogen and oxygen atoms in total. The lowest BCUT2D eigenvalue weighted by molar-refractivity contribution is 0.123. The number of hydrogen-bond donors (Lipinski definition) is 1. The molecule has 0 radical (unpaired) electrons. The van der Waals surface area contributed by atoms with Crippen LogP contribution in [0.4, 0.5) is 0 Å². The van der Waals surface area contributed by atoms with Gasteiger partial charge in [0.05, 0.1) is 12.7 Å². The van der Waals surface area contributed by atoms with E-state index in [4.69, 9.17) is 4.74 Å². The molecule has 0 heterocycles. The maximum Gasteiger partial charge on any atom is 0.133 e. The summed E-state index contributed by atoms with van der Waals surface area (Å²) >= 11 is 0. The third kappa shape index (κ3) is 3.95. The second-order valence-electron chi connectivity index (χ2n) is 4.74. The van der Waals surface area contributed by atoms with Gasteiger partial charge in [0.2, 0.25) is 0 Å². The van der Waals surface area contributed by atoms with Crippen LogP contribution in [-0.2, 0) is 4.74 Å². The molecule has 0 spiro atoms. The fourth-order valence-electron chi connectivity index (χ4n) is 2.26. The molecule has 0 aromatic carbocycles. The molecule has 0 aromatic heterocycles. The summed E-state index contributed by atoms with van der Waals surface area (Å²) in [6, 6.07) is 2.43. The summed E-state index contributed by atoms with van der Waals surface area (Å²) in [7, 11) is 1.67. The maximum absolute atomic E-state index is 9.39. The van der Waals surface area contributed by atoms with Gasteiger partial charge in [0.25, 0.3) is 0 Å². The number of nitrogens with one attached hydrogen (secondary N) is 1. The topological polar surface area (TPSA) is 48.3 Å². The first kappa shape index (κ1) is 14.4. The van der Waals surface area contributed by atoms with Crippen molar-refractivity contribution >= 4 is 0 Å². The van der Waals surface area contributed by atoms with Crippen molar-refractivity contribution < 1.29 is 4.74 Å². The first-order chi connectivity index (χ1) is 8.22. The molecule has 0 aromatic rings. The lowest BCUT2D eigenvalue weighted by Crippen LogP contribution is -2.52. The van der Waals surface area contributed by atoms with Crippen molar-refractivity contribution in [3.8, 4) is 6.07 Å². The van der Waals surface area contributed by atoms with Gasteiger partial charge in [-0.3, -0.25) is 5.32 Å². The summed E-state index contributed by atoms with van der Waals surface area (Å²) in [4.78, 5) is 2.36. The zero-order chi connectivity index (χ0) is 12.7. The van der Waals surface area contributed by atoms with Gasteiger partial charge in [-0.15, -0.1) is 0 Å². The summed E-state index contributed by atoms with van der Waals surface area (Å²) < 4.78 is 5.21. The van der Waals surface area contributed by atoms with Crippen LogP contribution >= 0.6 is 0 Å². The van der Waals surface area contributed by atoms with Crippen molar-refractivity contribution in [2.75, 3.05) is 39.9 Å². The fourth-order valence-corrected chi connectivity index (χ4v) is 2.26. The second kappa shape index (κ2) is 6.95. The Balaban J connectivity index is 2.41. The van der Waals surface area contributed by atoms with Crippen LogP contribution < -0.4 is 5.32 Å². The minimum Gasteiger partial charge on any atom is -0.382 e. The molecule has 1 unspecified atom stereocenters. The van der Waals surface area contributed by atoms with Crippen molar-refractivity contribution in [3.63, 3.8) is 0 Å². The molecule has 0 aliphatic heterocycles. The van der Waals surface area contributed by atoms with Gasteiger partial charge in [-0.05, 0) is 31.8 Å². The Morgan fingerprint density at radius 3 is 2.47 bits per heavy atom. The molecule has 1 rings (SSSR count). The predicted octanol–water partition coefficient (Wildman–Crippen LogP) is 1.24. The first-order valence-corrected chi connectivity index (χ1v) is 6.60. The average molecular weight is 239 g/mol. The van der Waals surface area contributed by atoms with Gasteiger partial charge in [0.1, 0.15) is 5.54 Å². The number of nitriles is 1. The Morgan fingerprint density at radius 2 is 2.06 bits per heavy atom. The standard InChI is InChI=1S/C13H25N3O/c1-4-16(5-2)9-8-15-13(10-14,11-17-3)12-6-7-12/h12,15H,4-9,11H2,1-3H3. The molecule has 1 atom stereocenters. The van der Waals surface area contributed by atoms with Gasteiger partial charge >= 0.3 is 0 Å². The fraction of sp³-hybridized carbons (Fsp3) is 0.923. The highest BCUT2D eigenvalue weighted by Gasteiger charge is 2.45. The molecule has 0 bridgehead atoms. The Hall–Kier alpha value is -0.630. The van der Waals surface area contributed by atoms with Crippen LogP contribution in [0.2, 0.25) is 0 Å². The Kier molecular flexibility index (Phi) is 5.90. The van der Waals surface area contributed by atoms with Crippen LogP contribution in [0.1, 0.15) is 26.7 Å². The van der Waals surface area contributed by atoms with E-state index in [0.717, 1.165) is 39.0 Å². The van der Waals surface area contributed by atoms with E-state index in [2.05, 4.69) is 30.1 Å². The van der Waals surface area contributed by atoms with E-state index in [0.29, 0.717) is 12.5 Å². The van der Waals surface area contributed by atoms with Crippen LogP contribution in [0.25, 0.3) is 0 Å². The normalized spacial score (nSPS) is 19.0. The van der Waals surface area contributed by atoms with Gasteiger partial charge in [0.15, 0.2) is 0 Å². The lowest BCUT2D eigenvalue weighted by atomic mass is 9.96. The van der Waals surface area contributed by atoms with E-state index in [1.165, 1.54) is 0 Å². The molecule has 0 saturated heterocycles. The largest absolute Gasteiger partial charge is 0.382 e. The smallest absolute Gasteiger partial charge is 0.133 e. The van der Waals surface area contributed by atoms with E-state index >= 15 is 0 Å². The predicted molar refractivity (Wildman–Crippen MR) is 68.7 cm³/mol. The summed E-state index contributed by atoms with van der Waals surface area (Å²) in [6.45, 7) is 8.79. The van der Waals surface area contributed by atoms with Gasteiger partial charge in [0, 0.05) is 20.2 Å². The highest BCUT2D eigenvalue weighted by molar-refractivity contribution is 5.15. The molecule has 1 saturated carbocycles. The number of rotatable bonds is 9. The molecule has 1 N–H and O–H groups in total. The van der Waals surface area contributed by atoms with Gasteiger partial charge in [-0.1, -0.05) is 13.8 Å². The van der Waals surface area contributed by atoms with Crippen molar-refractivity contribution in [2.45, 2.75) is 32.2 Å². The van der Waals surface area contributed by atoms with Crippen LogP contribution in [0, 0.1) is 17.2 Å². The zero-order valence-electron chi connectivity index (χ0n) is 11.3. The maximum atomic E-state index is 9.39. The highest BCUT2D eigenvalue weighted by atomic mass is 16.5. The third-order valence-corrected chi connectivity index (χ3v) is 3.61. The Morgan fingerprint density at radius 1 is 1.41 bits per heavy atom. The van der Waals surface area contributed by atoms with Crippen LogP contribution in [0.5, 0.6) is 0 Å². The molecule has 4 heteroatoms. The Bertz CT molecular complexity index is 256. The molecule has 1 fully saturated rings. The van der Waals surface area contributed by atoms with E-state index in [-0.39, 0.29) is 0 Å². The van der Waals surface area contributed by atoms with E-state index in [1.807, 2.05) is 0 Å². The minimum atomic E-state index is -0.456. The summed E-state index contributed by atoms with van der Waals surface area (Å²) in [6.07, 6.45) is 2.30. The van der Waals surface area contributed by atoms with Crippen molar-refractivity contribution in [2.24, 2.45) is 5.92 Å². The van der Waals surface area contributed by atoms with Crippen molar-refractivity contribution in [1.29, 1.82) is 5.26 Å². The molecule has 98 valence electrons. The minimum absolute atomic E-state index is 0.456. The second-order valence-corrected chi connectivity index (χ2v) is 4.74. The SMILES string of the molecule is CCN(CC)CCNC(C#N)(COC)C1CC1. The van der Waals surface area contributed by atoms with Crippen molar-refractivity contribution in [3.05, 3.63) is 0 Å². The van der Waals surface area contributed by atoms with Gasteiger partial charge in [-0.2, -0.15) is 5.26 Å². The molecular formula is C13H25N3O.